The average Bonchev–Trinajstić information content (AvgIpc) is 2.80. The maximum absolute atomic E-state index is 3.63. The van der Waals surface area contributed by atoms with Crippen molar-refractivity contribution in [1.29, 1.82) is 0 Å². The molecule has 0 bridgehead atoms. The second-order valence-corrected chi connectivity index (χ2v) is 7.13. The highest BCUT2D eigenvalue weighted by molar-refractivity contribution is 4.91. The fourth-order valence-electron chi connectivity index (χ4n) is 4.23. The van der Waals surface area contributed by atoms with Crippen molar-refractivity contribution in [3.8, 4) is 0 Å². The van der Waals surface area contributed by atoms with Gasteiger partial charge in [0.1, 0.15) is 0 Å². The van der Waals surface area contributed by atoms with Crippen molar-refractivity contribution < 1.29 is 0 Å². The van der Waals surface area contributed by atoms with E-state index >= 15 is 0 Å². The van der Waals surface area contributed by atoms with Gasteiger partial charge in [-0.2, -0.15) is 0 Å². The smallest absolute Gasteiger partial charge is 0.0252 e. The van der Waals surface area contributed by atoms with Gasteiger partial charge >= 0.3 is 0 Å². The van der Waals surface area contributed by atoms with E-state index in [2.05, 4.69) is 31.1 Å². The normalized spacial score (nSPS) is 30.2. The molecule has 2 nitrogen and oxygen atoms in total. The first kappa shape index (κ1) is 15.3. The van der Waals surface area contributed by atoms with Crippen LogP contribution in [0.2, 0.25) is 0 Å². The Morgan fingerprint density at radius 1 is 0.947 bits per heavy atom. The van der Waals surface area contributed by atoms with Crippen LogP contribution in [-0.4, -0.2) is 36.6 Å². The molecular formula is C17H34N2. The number of nitrogens with one attached hydrogen (secondary N) is 1. The second-order valence-electron chi connectivity index (χ2n) is 7.13. The van der Waals surface area contributed by atoms with Gasteiger partial charge in [-0.3, -0.25) is 4.90 Å². The molecule has 0 saturated heterocycles. The van der Waals surface area contributed by atoms with E-state index in [1.165, 1.54) is 64.3 Å². The summed E-state index contributed by atoms with van der Waals surface area (Å²) in [6, 6.07) is 2.39. The highest BCUT2D eigenvalue weighted by Crippen LogP contribution is 2.31. The molecule has 0 spiro atoms. The van der Waals surface area contributed by atoms with E-state index in [0.717, 1.165) is 24.0 Å². The predicted octanol–water partition coefficient (Wildman–Crippen LogP) is 3.81. The predicted molar refractivity (Wildman–Crippen MR) is 83.5 cm³/mol. The van der Waals surface area contributed by atoms with E-state index in [-0.39, 0.29) is 0 Å². The molecule has 1 N–H and O–H groups in total. The topological polar surface area (TPSA) is 15.3 Å². The van der Waals surface area contributed by atoms with Gasteiger partial charge in [-0.15, -0.1) is 0 Å². The van der Waals surface area contributed by atoms with Crippen molar-refractivity contribution in [2.24, 2.45) is 5.92 Å². The molecule has 2 rings (SSSR count). The van der Waals surface area contributed by atoms with E-state index in [1.807, 2.05) is 0 Å². The second kappa shape index (κ2) is 7.64. The molecule has 0 aromatic rings. The van der Waals surface area contributed by atoms with Crippen LogP contribution in [0, 0.1) is 5.92 Å². The molecule has 19 heavy (non-hydrogen) atoms. The zero-order valence-electron chi connectivity index (χ0n) is 13.3. The maximum Gasteiger partial charge on any atom is 0.0252 e. The average molecular weight is 266 g/mol. The van der Waals surface area contributed by atoms with Crippen LogP contribution in [0.25, 0.3) is 0 Å². The van der Waals surface area contributed by atoms with Crippen LogP contribution in [0.15, 0.2) is 0 Å². The molecule has 2 fully saturated rings. The molecule has 0 heterocycles. The molecule has 0 amide bonds. The third-order valence-electron chi connectivity index (χ3n) is 5.15. The molecule has 2 aliphatic rings. The summed E-state index contributed by atoms with van der Waals surface area (Å²) in [7, 11) is 2.17. The van der Waals surface area contributed by atoms with Crippen molar-refractivity contribution in [2.75, 3.05) is 13.6 Å². The lowest BCUT2D eigenvalue weighted by Crippen LogP contribution is -2.53. The van der Waals surface area contributed by atoms with Gasteiger partial charge in [0.25, 0.3) is 0 Å². The Hall–Kier alpha value is -0.0800. The van der Waals surface area contributed by atoms with E-state index in [1.54, 1.807) is 0 Å². The van der Waals surface area contributed by atoms with Gasteiger partial charge in [0, 0.05) is 24.7 Å². The first-order valence-corrected chi connectivity index (χ1v) is 8.65. The Kier molecular flexibility index (Phi) is 6.15. The van der Waals surface area contributed by atoms with Crippen molar-refractivity contribution in [3.05, 3.63) is 0 Å². The van der Waals surface area contributed by atoms with Gasteiger partial charge in [-0.25, -0.2) is 0 Å². The van der Waals surface area contributed by atoms with Crippen LogP contribution in [0.5, 0.6) is 0 Å². The summed E-state index contributed by atoms with van der Waals surface area (Å²) in [6.45, 7) is 6.06. The van der Waals surface area contributed by atoms with Gasteiger partial charge in [0.15, 0.2) is 0 Å². The largest absolute Gasteiger partial charge is 0.315 e. The fraction of sp³-hybridized carbons (Fsp3) is 1.00. The summed E-state index contributed by atoms with van der Waals surface area (Å²) >= 11 is 0. The van der Waals surface area contributed by atoms with Crippen molar-refractivity contribution >= 4 is 0 Å². The third kappa shape index (κ3) is 4.19. The van der Waals surface area contributed by atoms with E-state index < -0.39 is 0 Å². The van der Waals surface area contributed by atoms with Crippen LogP contribution in [0.1, 0.15) is 71.6 Å². The molecule has 2 unspecified atom stereocenters. The van der Waals surface area contributed by atoms with E-state index in [0.29, 0.717) is 0 Å². The Morgan fingerprint density at radius 3 is 2.21 bits per heavy atom. The molecule has 2 saturated carbocycles. The lowest BCUT2D eigenvalue weighted by atomic mass is 9.97. The minimum absolute atomic E-state index is 0.724. The Bertz CT molecular complexity index is 246. The highest BCUT2D eigenvalue weighted by atomic mass is 15.2. The molecule has 2 atom stereocenters. The highest BCUT2D eigenvalue weighted by Gasteiger charge is 2.33. The number of likely N-dealkylation sites (N-methyl/N-ethyl adjacent to an activating group) is 1. The van der Waals surface area contributed by atoms with E-state index in [4.69, 9.17) is 0 Å². The standard InChI is InChI=1S/C17H34N2/c1-14(2)13-19(15-9-7-8-10-15)17-12-6-4-5-11-16(17)18-3/h14-18H,4-13H2,1-3H3. The summed E-state index contributed by atoms with van der Waals surface area (Å²) in [5, 5.41) is 3.63. The van der Waals surface area contributed by atoms with Crippen LogP contribution in [0.4, 0.5) is 0 Å². The summed E-state index contributed by atoms with van der Waals surface area (Å²) in [4.78, 5) is 2.91. The number of hydrogen-bond acceptors (Lipinski definition) is 2. The summed E-state index contributed by atoms with van der Waals surface area (Å²) in [5.74, 6) is 0.793. The molecule has 0 aromatic heterocycles. The van der Waals surface area contributed by atoms with Gasteiger partial charge in [-0.05, 0) is 38.6 Å². The number of rotatable bonds is 5. The quantitative estimate of drug-likeness (QED) is 0.761. The Labute approximate surface area is 120 Å². The zero-order valence-corrected chi connectivity index (χ0v) is 13.3. The Balaban J connectivity index is 2.08. The first-order valence-electron chi connectivity index (χ1n) is 8.65. The molecule has 2 aliphatic carbocycles. The minimum atomic E-state index is 0.724. The molecular weight excluding hydrogens is 232 g/mol. The van der Waals surface area contributed by atoms with Gasteiger partial charge in [0.2, 0.25) is 0 Å². The van der Waals surface area contributed by atoms with Gasteiger partial charge in [-0.1, -0.05) is 46.0 Å². The molecule has 0 aromatic carbocycles. The lowest BCUT2D eigenvalue weighted by Gasteiger charge is -2.41. The van der Waals surface area contributed by atoms with Gasteiger partial charge in [0.05, 0.1) is 0 Å². The van der Waals surface area contributed by atoms with Crippen LogP contribution >= 0.6 is 0 Å². The van der Waals surface area contributed by atoms with Crippen molar-refractivity contribution in [2.45, 2.75) is 89.8 Å². The van der Waals surface area contributed by atoms with Crippen LogP contribution in [-0.2, 0) is 0 Å². The summed E-state index contributed by atoms with van der Waals surface area (Å²) < 4.78 is 0. The van der Waals surface area contributed by atoms with E-state index in [9.17, 15) is 0 Å². The zero-order chi connectivity index (χ0) is 13.7. The summed E-state index contributed by atoms with van der Waals surface area (Å²) in [6.07, 6.45) is 12.9. The molecule has 2 heteroatoms. The first-order chi connectivity index (χ1) is 9.22. The monoisotopic (exact) mass is 266 g/mol. The van der Waals surface area contributed by atoms with Gasteiger partial charge < -0.3 is 5.32 Å². The summed E-state index contributed by atoms with van der Waals surface area (Å²) in [5.41, 5.74) is 0. The molecule has 0 aliphatic heterocycles. The van der Waals surface area contributed by atoms with Crippen molar-refractivity contribution in [3.63, 3.8) is 0 Å². The molecule has 0 radical (unpaired) electrons. The third-order valence-corrected chi connectivity index (χ3v) is 5.15. The SMILES string of the molecule is CNC1CCCCCC1N(CC(C)C)C1CCCC1. The maximum atomic E-state index is 3.63. The fourth-order valence-corrected chi connectivity index (χ4v) is 4.23. The molecule has 112 valence electrons. The lowest BCUT2D eigenvalue weighted by molar-refractivity contribution is 0.0881. The minimum Gasteiger partial charge on any atom is -0.315 e. The number of nitrogens with zero attached hydrogens (tertiary/aromatic N) is 1. The van der Waals surface area contributed by atoms with Crippen LogP contribution < -0.4 is 5.32 Å². The Morgan fingerprint density at radius 2 is 1.58 bits per heavy atom. The van der Waals surface area contributed by atoms with Crippen molar-refractivity contribution in [1.82, 2.24) is 10.2 Å². The number of hydrogen-bond donors (Lipinski definition) is 1. The van der Waals surface area contributed by atoms with Crippen LogP contribution in [0.3, 0.4) is 0 Å².